The fourth-order valence-corrected chi connectivity index (χ4v) is 1.85. The number of rotatable bonds is 5. The maximum Gasteiger partial charge on any atom is 0.287 e. The Hall–Kier alpha value is -2.18. The first-order valence-electron chi connectivity index (χ1n) is 6.32. The Morgan fingerprint density at radius 2 is 2.32 bits per heavy atom. The molecule has 0 saturated heterocycles. The SMILES string of the molecule is CCCn1ncnc1[C@@H](C)NC(=O)c1ncc(C)[nH]1. The molecule has 0 fully saturated rings. The van der Waals surface area contributed by atoms with Crippen LogP contribution in [0.5, 0.6) is 0 Å². The van der Waals surface area contributed by atoms with Crippen LogP contribution in [0.15, 0.2) is 12.5 Å². The number of aromatic amines is 1. The van der Waals surface area contributed by atoms with Gasteiger partial charge in [0.05, 0.1) is 6.04 Å². The summed E-state index contributed by atoms with van der Waals surface area (Å²) in [6.45, 7) is 6.59. The summed E-state index contributed by atoms with van der Waals surface area (Å²) in [5.74, 6) is 0.816. The van der Waals surface area contributed by atoms with E-state index in [4.69, 9.17) is 0 Å². The van der Waals surface area contributed by atoms with Crippen molar-refractivity contribution in [1.82, 2.24) is 30.0 Å². The Kier molecular flexibility index (Phi) is 3.94. The Labute approximate surface area is 111 Å². The molecular weight excluding hydrogens is 244 g/mol. The highest BCUT2D eigenvalue weighted by atomic mass is 16.2. The molecule has 0 aliphatic carbocycles. The number of aromatic nitrogens is 5. The molecule has 1 atom stereocenters. The highest BCUT2D eigenvalue weighted by molar-refractivity contribution is 5.90. The van der Waals surface area contributed by atoms with Gasteiger partial charge in [-0.1, -0.05) is 6.92 Å². The van der Waals surface area contributed by atoms with E-state index in [0.717, 1.165) is 24.5 Å². The molecule has 7 nitrogen and oxygen atoms in total. The lowest BCUT2D eigenvalue weighted by molar-refractivity contribution is 0.0927. The van der Waals surface area contributed by atoms with E-state index < -0.39 is 0 Å². The van der Waals surface area contributed by atoms with Crippen LogP contribution in [0.4, 0.5) is 0 Å². The molecule has 0 aromatic carbocycles. The monoisotopic (exact) mass is 262 g/mol. The highest BCUT2D eigenvalue weighted by Crippen LogP contribution is 2.09. The van der Waals surface area contributed by atoms with Gasteiger partial charge in [0.2, 0.25) is 0 Å². The minimum Gasteiger partial charge on any atom is -0.340 e. The van der Waals surface area contributed by atoms with Crippen molar-refractivity contribution in [3.63, 3.8) is 0 Å². The molecule has 0 spiro atoms. The van der Waals surface area contributed by atoms with E-state index >= 15 is 0 Å². The van der Waals surface area contributed by atoms with Crippen molar-refractivity contribution < 1.29 is 4.79 Å². The van der Waals surface area contributed by atoms with Gasteiger partial charge in [-0.05, 0) is 20.3 Å². The summed E-state index contributed by atoms with van der Waals surface area (Å²) in [6.07, 6.45) is 4.10. The maximum absolute atomic E-state index is 12.0. The van der Waals surface area contributed by atoms with Gasteiger partial charge < -0.3 is 10.3 Å². The van der Waals surface area contributed by atoms with Gasteiger partial charge in [-0.2, -0.15) is 5.10 Å². The number of nitrogens with zero attached hydrogens (tertiary/aromatic N) is 4. The molecule has 102 valence electrons. The van der Waals surface area contributed by atoms with Crippen LogP contribution in [0.3, 0.4) is 0 Å². The first-order valence-corrected chi connectivity index (χ1v) is 6.32. The van der Waals surface area contributed by atoms with Gasteiger partial charge in [-0.15, -0.1) is 0 Å². The Balaban J connectivity index is 2.06. The van der Waals surface area contributed by atoms with Crippen molar-refractivity contribution in [2.45, 2.75) is 39.8 Å². The van der Waals surface area contributed by atoms with Gasteiger partial charge in [0.15, 0.2) is 5.82 Å². The summed E-state index contributed by atoms with van der Waals surface area (Å²) in [5.41, 5.74) is 0.854. The smallest absolute Gasteiger partial charge is 0.287 e. The van der Waals surface area contributed by atoms with Crippen molar-refractivity contribution in [3.8, 4) is 0 Å². The van der Waals surface area contributed by atoms with Crippen LogP contribution in [0.2, 0.25) is 0 Å². The largest absolute Gasteiger partial charge is 0.340 e. The lowest BCUT2D eigenvalue weighted by Gasteiger charge is -2.13. The third-order valence-electron chi connectivity index (χ3n) is 2.73. The third-order valence-corrected chi connectivity index (χ3v) is 2.73. The molecule has 0 saturated carbocycles. The summed E-state index contributed by atoms with van der Waals surface area (Å²) in [7, 11) is 0. The van der Waals surface area contributed by atoms with Crippen LogP contribution in [0.25, 0.3) is 0 Å². The normalized spacial score (nSPS) is 12.4. The Morgan fingerprint density at radius 3 is 2.95 bits per heavy atom. The zero-order chi connectivity index (χ0) is 13.8. The van der Waals surface area contributed by atoms with Crippen LogP contribution in [-0.2, 0) is 6.54 Å². The second-order valence-corrected chi connectivity index (χ2v) is 4.45. The van der Waals surface area contributed by atoms with E-state index in [-0.39, 0.29) is 11.9 Å². The Bertz CT molecular complexity index is 558. The van der Waals surface area contributed by atoms with E-state index in [1.165, 1.54) is 6.33 Å². The molecule has 0 bridgehead atoms. The lowest BCUT2D eigenvalue weighted by Crippen LogP contribution is -2.29. The van der Waals surface area contributed by atoms with Crippen LogP contribution in [0.1, 0.15) is 48.4 Å². The standard InChI is InChI=1S/C12H18N6O/c1-4-5-18-11(14-7-15-18)9(3)17-12(19)10-13-6-8(2)16-10/h6-7,9H,4-5H2,1-3H3,(H,13,16)(H,17,19)/t9-/m1/s1. The van der Waals surface area contributed by atoms with Crippen molar-refractivity contribution in [2.24, 2.45) is 0 Å². The van der Waals surface area contributed by atoms with Gasteiger partial charge in [0, 0.05) is 18.4 Å². The van der Waals surface area contributed by atoms with Crippen molar-refractivity contribution in [3.05, 3.63) is 29.9 Å². The minimum atomic E-state index is -0.244. The Morgan fingerprint density at radius 1 is 1.53 bits per heavy atom. The zero-order valence-corrected chi connectivity index (χ0v) is 11.3. The minimum absolute atomic E-state index is 0.216. The van der Waals surface area contributed by atoms with Gasteiger partial charge in [-0.3, -0.25) is 4.79 Å². The fourth-order valence-electron chi connectivity index (χ4n) is 1.85. The topological polar surface area (TPSA) is 88.5 Å². The quantitative estimate of drug-likeness (QED) is 0.847. The summed E-state index contributed by atoms with van der Waals surface area (Å²) < 4.78 is 1.80. The predicted octanol–water partition coefficient (Wildman–Crippen LogP) is 1.21. The number of carbonyl (C=O) groups excluding carboxylic acids is 1. The molecular formula is C12H18N6O. The number of H-pyrrole nitrogens is 1. The van der Waals surface area contributed by atoms with Crippen LogP contribution in [-0.4, -0.2) is 30.6 Å². The number of carbonyl (C=O) groups is 1. The number of imidazole rings is 1. The summed E-state index contributed by atoms with van der Waals surface area (Å²) in [6, 6.07) is -0.216. The van der Waals surface area contributed by atoms with Crippen molar-refractivity contribution >= 4 is 5.91 Å². The van der Waals surface area contributed by atoms with E-state index in [9.17, 15) is 4.79 Å². The van der Waals surface area contributed by atoms with Gasteiger partial charge in [-0.25, -0.2) is 14.6 Å². The third kappa shape index (κ3) is 2.98. The molecule has 19 heavy (non-hydrogen) atoms. The molecule has 0 aliphatic rings. The molecule has 0 radical (unpaired) electrons. The highest BCUT2D eigenvalue weighted by Gasteiger charge is 2.17. The molecule has 2 aromatic rings. The first-order chi connectivity index (χ1) is 9.11. The average Bonchev–Trinajstić information content (AvgIpc) is 2.98. The summed E-state index contributed by atoms with van der Waals surface area (Å²) in [5, 5.41) is 7.00. The van der Waals surface area contributed by atoms with Crippen molar-refractivity contribution in [1.29, 1.82) is 0 Å². The molecule has 2 N–H and O–H groups in total. The van der Waals surface area contributed by atoms with Crippen LogP contribution in [0, 0.1) is 6.92 Å². The predicted molar refractivity (Wildman–Crippen MR) is 69.5 cm³/mol. The maximum atomic E-state index is 12.0. The number of hydrogen-bond donors (Lipinski definition) is 2. The van der Waals surface area contributed by atoms with E-state index in [1.807, 2.05) is 13.8 Å². The molecule has 7 heteroatoms. The molecule has 0 unspecified atom stereocenters. The number of aryl methyl sites for hydroxylation is 2. The van der Waals surface area contributed by atoms with E-state index in [0.29, 0.717) is 5.82 Å². The molecule has 1 amide bonds. The molecule has 2 rings (SSSR count). The van der Waals surface area contributed by atoms with Gasteiger partial charge >= 0.3 is 0 Å². The number of nitrogens with one attached hydrogen (secondary N) is 2. The molecule has 2 aromatic heterocycles. The second kappa shape index (κ2) is 5.64. The van der Waals surface area contributed by atoms with Crippen LogP contribution < -0.4 is 5.32 Å². The average molecular weight is 262 g/mol. The van der Waals surface area contributed by atoms with Gasteiger partial charge in [0.1, 0.15) is 12.2 Å². The number of amides is 1. The second-order valence-electron chi connectivity index (χ2n) is 4.45. The van der Waals surface area contributed by atoms with Crippen LogP contribution >= 0.6 is 0 Å². The summed E-state index contributed by atoms with van der Waals surface area (Å²) >= 11 is 0. The lowest BCUT2D eigenvalue weighted by atomic mass is 10.3. The van der Waals surface area contributed by atoms with E-state index in [1.54, 1.807) is 10.9 Å². The first kappa shape index (κ1) is 13.3. The fraction of sp³-hybridized carbons (Fsp3) is 0.500. The van der Waals surface area contributed by atoms with Gasteiger partial charge in [0.25, 0.3) is 5.91 Å². The molecule has 2 heterocycles. The number of hydrogen-bond acceptors (Lipinski definition) is 4. The zero-order valence-electron chi connectivity index (χ0n) is 11.3. The van der Waals surface area contributed by atoms with Crippen molar-refractivity contribution in [2.75, 3.05) is 0 Å². The summed E-state index contributed by atoms with van der Waals surface area (Å²) in [4.78, 5) is 23.1. The molecule has 0 aliphatic heterocycles. The van der Waals surface area contributed by atoms with E-state index in [2.05, 4.69) is 32.3 Å².